The molecule has 1 fully saturated rings. The molecule has 0 bridgehead atoms. The average Bonchev–Trinajstić information content (AvgIpc) is 2.81. The third-order valence-electron chi connectivity index (χ3n) is 5.85. The predicted octanol–water partition coefficient (Wildman–Crippen LogP) is 6.39. The van der Waals surface area contributed by atoms with Gasteiger partial charge in [0.1, 0.15) is 11.6 Å². The Morgan fingerprint density at radius 2 is 1.27 bits per heavy atom. The van der Waals surface area contributed by atoms with E-state index < -0.39 is 0 Å². The van der Waals surface area contributed by atoms with Gasteiger partial charge in [0, 0.05) is 23.2 Å². The number of hydrazone groups is 1. The molecule has 1 saturated heterocycles. The molecular formula is C26H25F2N3OS. The molecule has 1 aliphatic heterocycles. The standard InChI is InChI=1S/C26H25F2N3OS/c1-16-23(30-31-26(33)29-22-6-4-3-5-7-22)17(2)25(19-10-14-21(28)15-11-19)32-24(16)18-8-12-20(27)13-9-18/h3-17,24-25H,1-2H3,(H2,29,31,33)/t16-,17-,24-,25+/m1/s1. The van der Waals surface area contributed by atoms with Gasteiger partial charge < -0.3 is 10.1 Å². The minimum Gasteiger partial charge on any atom is -0.364 e. The first kappa shape index (κ1) is 23.0. The molecular weight excluding hydrogens is 440 g/mol. The molecule has 33 heavy (non-hydrogen) atoms. The van der Waals surface area contributed by atoms with Gasteiger partial charge in [-0.1, -0.05) is 56.3 Å². The molecule has 7 heteroatoms. The van der Waals surface area contributed by atoms with Gasteiger partial charge in [-0.2, -0.15) is 5.10 Å². The highest BCUT2D eigenvalue weighted by Crippen LogP contribution is 2.44. The zero-order valence-electron chi connectivity index (χ0n) is 18.3. The predicted molar refractivity (Wildman–Crippen MR) is 131 cm³/mol. The van der Waals surface area contributed by atoms with Crippen LogP contribution in [-0.2, 0) is 4.74 Å². The number of rotatable bonds is 4. The zero-order valence-corrected chi connectivity index (χ0v) is 19.2. The maximum absolute atomic E-state index is 13.5. The van der Waals surface area contributed by atoms with E-state index in [-0.39, 0.29) is 35.7 Å². The lowest BCUT2D eigenvalue weighted by Crippen LogP contribution is -2.40. The Balaban J connectivity index is 1.62. The first-order chi connectivity index (χ1) is 15.9. The lowest BCUT2D eigenvalue weighted by atomic mass is 9.79. The number of ether oxygens (including phenoxy) is 1. The van der Waals surface area contributed by atoms with Crippen molar-refractivity contribution in [2.24, 2.45) is 16.9 Å². The summed E-state index contributed by atoms with van der Waals surface area (Å²) in [6.45, 7) is 4.05. The van der Waals surface area contributed by atoms with Gasteiger partial charge in [0.2, 0.25) is 0 Å². The normalized spacial score (nSPS) is 23.8. The van der Waals surface area contributed by atoms with Crippen LogP contribution in [0.1, 0.15) is 37.2 Å². The van der Waals surface area contributed by atoms with Crippen LogP contribution in [0.3, 0.4) is 0 Å². The van der Waals surface area contributed by atoms with E-state index in [2.05, 4.69) is 15.8 Å². The highest BCUT2D eigenvalue weighted by Gasteiger charge is 2.40. The molecule has 3 aromatic rings. The lowest BCUT2D eigenvalue weighted by Gasteiger charge is -2.40. The molecule has 2 N–H and O–H groups in total. The van der Waals surface area contributed by atoms with Crippen LogP contribution < -0.4 is 10.7 Å². The van der Waals surface area contributed by atoms with E-state index in [1.54, 1.807) is 24.3 Å². The van der Waals surface area contributed by atoms with Crippen molar-refractivity contribution in [3.05, 3.63) is 102 Å². The van der Waals surface area contributed by atoms with Crippen molar-refractivity contribution in [3.8, 4) is 0 Å². The lowest BCUT2D eigenvalue weighted by molar-refractivity contribution is -0.0638. The van der Waals surface area contributed by atoms with Crippen LogP contribution in [0.15, 0.2) is 84.0 Å². The van der Waals surface area contributed by atoms with Gasteiger partial charge in [0.05, 0.1) is 12.2 Å². The second-order valence-corrected chi connectivity index (χ2v) is 8.53. The molecule has 4 nitrogen and oxygen atoms in total. The van der Waals surface area contributed by atoms with Crippen molar-refractivity contribution in [3.63, 3.8) is 0 Å². The summed E-state index contributed by atoms with van der Waals surface area (Å²) in [5, 5.41) is 8.14. The van der Waals surface area contributed by atoms with Crippen molar-refractivity contribution >= 4 is 28.7 Å². The van der Waals surface area contributed by atoms with E-state index >= 15 is 0 Å². The van der Waals surface area contributed by atoms with Crippen molar-refractivity contribution in [1.82, 2.24) is 5.43 Å². The molecule has 0 saturated carbocycles. The van der Waals surface area contributed by atoms with Crippen molar-refractivity contribution in [1.29, 1.82) is 0 Å². The largest absolute Gasteiger partial charge is 0.364 e. The highest BCUT2D eigenvalue weighted by molar-refractivity contribution is 7.80. The van der Waals surface area contributed by atoms with Crippen LogP contribution in [0.25, 0.3) is 0 Å². The van der Waals surface area contributed by atoms with Crippen LogP contribution in [0.5, 0.6) is 0 Å². The van der Waals surface area contributed by atoms with Gasteiger partial charge in [0.15, 0.2) is 5.11 Å². The fourth-order valence-corrected chi connectivity index (χ4v) is 4.32. The molecule has 4 atom stereocenters. The number of halogens is 2. The Morgan fingerprint density at radius 3 is 1.76 bits per heavy atom. The Hall–Kier alpha value is -3.16. The first-order valence-electron chi connectivity index (χ1n) is 10.8. The number of nitrogens with zero attached hydrogens (tertiary/aromatic N) is 1. The van der Waals surface area contributed by atoms with E-state index in [0.29, 0.717) is 5.11 Å². The molecule has 0 amide bonds. The fourth-order valence-electron chi connectivity index (χ4n) is 4.16. The van der Waals surface area contributed by atoms with E-state index in [0.717, 1.165) is 22.5 Å². The van der Waals surface area contributed by atoms with E-state index in [9.17, 15) is 8.78 Å². The average molecular weight is 466 g/mol. The molecule has 1 aliphatic rings. The smallest absolute Gasteiger partial charge is 0.191 e. The number of nitrogens with one attached hydrogen (secondary N) is 2. The van der Waals surface area contributed by atoms with Crippen LogP contribution >= 0.6 is 12.2 Å². The van der Waals surface area contributed by atoms with E-state index in [1.807, 2.05) is 44.2 Å². The molecule has 1 heterocycles. The van der Waals surface area contributed by atoms with Crippen molar-refractivity contribution < 1.29 is 13.5 Å². The summed E-state index contributed by atoms with van der Waals surface area (Å²) >= 11 is 5.41. The summed E-state index contributed by atoms with van der Waals surface area (Å²) in [6.07, 6.45) is -0.707. The molecule has 0 aliphatic carbocycles. The minimum atomic E-state index is -0.354. The maximum Gasteiger partial charge on any atom is 0.191 e. The number of para-hydroxylation sites is 1. The third kappa shape index (κ3) is 5.43. The van der Waals surface area contributed by atoms with Crippen LogP contribution in [-0.4, -0.2) is 10.8 Å². The van der Waals surface area contributed by atoms with Crippen LogP contribution in [0.4, 0.5) is 14.5 Å². The van der Waals surface area contributed by atoms with Gasteiger partial charge in [-0.05, 0) is 59.7 Å². The number of hydrogen-bond acceptors (Lipinski definition) is 3. The molecule has 4 rings (SSSR count). The summed E-state index contributed by atoms with van der Waals surface area (Å²) in [5.41, 5.74) is 6.37. The SMILES string of the molecule is C[C@@H]1C(=NNC(=S)Nc2ccccc2)[C@@H](C)[C@H](c2ccc(F)cc2)O[C@@H]1c1ccc(F)cc1. The van der Waals surface area contributed by atoms with Gasteiger partial charge in [-0.15, -0.1) is 0 Å². The Kier molecular flexibility index (Phi) is 7.11. The summed E-state index contributed by atoms with van der Waals surface area (Å²) in [6, 6.07) is 22.2. The summed E-state index contributed by atoms with van der Waals surface area (Å²) < 4.78 is 33.5. The molecule has 3 aromatic carbocycles. The van der Waals surface area contributed by atoms with Gasteiger partial charge >= 0.3 is 0 Å². The minimum absolute atomic E-state index is 0.103. The van der Waals surface area contributed by atoms with Crippen molar-refractivity contribution in [2.45, 2.75) is 26.1 Å². The van der Waals surface area contributed by atoms with Gasteiger partial charge in [-0.3, -0.25) is 5.43 Å². The van der Waals surface area contributed by atoms with E-state index in [4.69, 9.17) is 17.0 Å². The number of thiocarbonyl (C=S) groups is 1. The van der Waals surface area contributed by atoms with Crippen molar-refractivity contribution in [2.75, 3.05) is 5.32 Å². The number of anilines is 1. The Morgan fingerprint density at radius 1 is 0.788 bits per heavy atom. The third-order valence-corrected chi connectivity index (χ3v) is 6.04. The quantitative estimate of drug-likeness (QED) is 0.346. The Labute approximate surface area is 197 Å². The van der Waals surface area contributed by atoms with Crippen LogP contribution in [0.2, 0.25) is 0 Å². The summed E-state index contributed by atoms with van der Waals surface area (Å²) in [5.74, 6) is -0.819. The number of hydrogen-bond donors (Lipinski definition) is 2. The molecule has 170 valence electrons. The monoisotopic (exact) mass is 465 g/mol. The second-order valence-electron chi connectivity index (χ2n) is 8.13. The molecule has 0 spiro atoms. The Bertz CT molecular complexity index is 1060. The van der Waals surface area contributed by atoms with E-state index in [1.165, 1.54) is 24.3 Å². The topological polar surface area (TPSA) is 45.7 Å². The van der Waals surface area contributed by atoms with Gasteiger partial charge in [0.25, 0.3) is 0 Å². The van der Waals surface area contributed by atoms with Crippen LogP contribution in [0, 0.1) is 23.5 Å². The second kappa shape index (κ2) is 10.2. The first-order valence-corrected chi connectivity index (χ1v) is 11.2. The maximum atomic E-state index is 13.5. The molecule has 0 unspecified atom stereocenters. The highest BCUT2D eigenvalue weighted by atomic mass is 32.1. The van der Waals surface area contributed by atoms with Gasteiger partial charge in [-0.25, -0.2) is 8.78 Å². The zero-order chi connectivity index (χ0) is 23.4. The fraction of sp³-hybridized carbons (Fsp3) is 0.231. The summed E-state index contributed by atoms with van der Waals surface area (Å²) in [4.78, 5) is 0. The molecule has 0 radical (unpaired) electrons. The molecule has 0 aromatic heterocycles. The summed E-state index contributed by atoms with van der Waals surface area (Å²) in [7, 11) is 0. The number of benzene rings is 3.